The van der Waals surface area contributed by atoms with Crippen molar-refractivity contribution in [1.82, 2.24) is 24.1 Å². The van der Waals surface area contributed by atoms with Crippen LogP contribution in [0.25, 0.3) is 22.1 Å². The van der Waals surface area contributed by atoms with Gasteiger partial charge in [0.25, 0.3) is 0 Å². The Morgan fingerprint density at radius 3 is 2.68 bits per heavy atom. The molecule has 0 spiro atoms. The number of fused-ring (bicyclic) bond motifs is 2. The molecule has 0 atom stereocenters. The number of pyridine rings is 1. The van der Waals surface area contributed by atoms with Crippen molar-refractivity contribution >= 4 is 28.0 Å². The predicted molar refractivity (Wildman–Crippen MR) is 107 cm³/mol. The lowest BCUT2D eigenvalue weighted by atomic mass is 9.86. The first-order valence-electron chi connectivity index (χ1n) is 9.84. The molecule has 2 aliphatic carbocycles. The van der Waals surface area contributed by atoms with Gasteiger partial charge >= 0.3 is 5.69 Å². The highest BCUT2D eigenvalue weighted by Gasteiger charge is 2.36. The molecular weight excluding hydrogens is 352 g/mol. The fourth-order valence-corrected chi connectivity index (χ4v) is 4.23. The Morgan fingerprint density at radius 2 is 1.82 bits per heavy atom. The molecule has 0 aliphatic heterocycles. The largest absolute Gasteiger partial charge is 0.351 e. The maximum Gasteiger partial charge on any atom is 0.330 e. The number of aromatic nitrogens is 5. The van der Waals surface area contributed by atoms with Gasteiger partial charge in [0.15, 0.2) is 5.65 Å². The summed E-state index contributed by atoms with van der Waals surface area (Å²) in [5.41, 5.74) is 2.79. The molecule has 2 saturated carbocycles. The summed E-state index contributed by atoms with van der Waals surface area (Å²) in [6, 6.07) is 12.7. The molecular formula is C21H20N6O. The Hall–Kier alpha value is -3.22. The second-order valence-electron chi connectivity index (χ2n) is 7.82. The summed E-state index contributed by atoms with van der Waals surface area (Å²) in [5, 5.41) is 4.45. The minimum absolute atomic E-state index is 0.0848. The number of hydrogen-bond acceptors (Lipinski definition) is 5. The van der Waals surface area contributed by atoms with E-state index in [0.29, 0.717) is 12.0 Å². The summed E-state index contributed by atoms with van der Waals surface area (Å²) in [6.45, 7) is 0. The van der Waals surface area contributed by atoms with E-state index in [4.69, 9.17) is 0 Å². The van der Waals surface area contributed by atoms with Crippen molar-refractivity contribution in [2.24, 2.45) is 0 Å². The van der Waals surface area contributed by atoms with Crippen LogP contribution in [-0.4, -0.2) is 30.1 Å². The molecule has 2 fully saturated rings. The van der Waals surface area contributed by atoms with Crippen molar-refractivity contribution in [1.29, 1.82) is 0 Å². The molecule has 0 radical (unpaired) electrons. The van der Waals surface area contributed by atoms with Crippen molar-refractivity contribution in [3.05, 3.63) is 59.3 Å². The number of hydrogen-bond donors (Lipinski definition) is 1. The van der Waals surface area contributed by atoms with E-state index in [-0.39, 0.29) is 17.8 Å². The molecule has 1 N–H and O–H groups in total. The number of nitrogens with one attached hydrogen (secondary N) is 1. The van der Waals surface area contributed by atoms with Crippen LogP contribution in [0.3, 0.4) is 0 Å². The highest BCUT2D eigenvalue weighted by atomic mass is 16.2. The van der Waals surface area contributed by atoms with Crippen LogP contribution in [0.2, 0.25) is 0 Å². The van der Waals surface area contributed by atoms with Crippen molar-refractivity contribution < 1.29 is 0 Å². The molecule has 140 valence electrons. The van der Waals surface area contributed by atoms with Gasteiger partial charge in [0.2, 0.25) is 5.95 Å². The van der Waals surface area contributed by atoms with Crippen molar-refractivity contribution in [3.8, 4) is 0 Å². The molecule has 28 heavy (non-hydrogen) atoms. The van der Waals surface area contributed by atoms with Crippen LogP contribution in [0, 0.1) is 0 Å². The maximum atomic E-state index is 13.1. The minimum atomic E-state index is 0.0848. The number of rotatable bonds is 4. The number of para-hydroxylation sites is 1. The summed E-state index contributed by atoms with van der Waals surface area (Å²) >= 11 is 0. The second-order valence-corrected chi connectivity index (χ2v) is 7.82. The van der Waals surface area contributed by atoms with Gasteiger partial charge in [-0.1, -0.05) is 18.2 Å². The van der Waals surface area contributed by atoms with E-state index in [2.05, 4.69) is 20.3 Å². The first-order chi connectivity index (χ1) is 13.8. The molecule has 3 heterocycles. The zero-order chi connectivity index (χ0) is 18.7. The monoisotopic (exact) mass is 372 g/mol. The van der Waals surface area contributed by atoms with E-state index in [1.54, 1.807) is 6.20 Å². The summed E-state index contributed by atoms with van der Waals surface area (Å²) in [5.74, 6) is 0.646. The van der Waals surface area contributed by atoms with Crippen molar-refractivity contribution in [2.45, 2.75) is 43.8 Å². The van der Waals surface area contributed by atoms with Gasteiger partial charge in [-0.25, -0.2) is 19.7 Å². The SMILES string of the molecule is O=c1n(C2CC2)c2cccnc2n1C1CC(Nc2ncc3ccccc3n2)C1. The normalized spacial score (nSPS) is 21.7. The van der Waals surface area contributed by atoms with Crippen molar-refractivity contribution in [2.75, 3.05) is 5.32 Å². The van der Waals surface area contributed by atoms with Crippen LogP contribution in [-0.2, 0) is 0 Å². The van der Waals surface area contributed by atoms with Crippen LogP contribution < -0.4 is 11.0 Å². The Balaban J connectivity index is 1.25. The van der Waals surface area contributed by atoms with Gasteiger partial charge in [0.05, 0.1) is 11.0 Å². The third-order valence-corrected chi connectivity index (χ3v) is 5.88. The van der Waals surface area contributed by atoms with Gasteiger partial charge in [0.1, 0.15) is 0 Å². The molecule has 3 aromatic heterocycles. The van der Waals surface area contributed by atoms with Gasteiger partial charge in [-0.2, -0.15) is 0 Å². The maximum absolute atomic E-state index is 13.1. The third kappa shape index (κ3) is 2.42. The lowest BCUT2D eigenvalue weighted by Crippen LogP contribution is -2.41. The number of benzene rings is 1. The van der Waals surface area contributed by atoms with E-state index in [9.17, 15) is 4.79 Å². The average molecular weight is 372 g/mol. The highest BCUT2D eigenvalue weighted by molar-refractivity contribution is 5.78. The van der Waals surface area contributed by atoms with Gasteiger partial charge in [-0.15, -0.1) is 0 Å². The van der Waals surface area contributed by atoms with Crippen LogP contribution in [0.5, 0.6) is 0 Å². The molecule has 7 heteroatoms. The molecule has 7 nitrogen and oxygen atoms in total. The molecule has 1 aromatic carbocycles. The Morgan fingerprint density at radius 1 is 0.964 bits per heavy atom. The van der Waals surface area contributed by atoms with Gasteiger partial charge in [-0.05, 0) is 43.9 Å². The first kappa shape index (κ1) is 15.8. The summed E-state index contributed by atoms with van der Waals surface area (Å²) in [7, 11) is 0. The van der Waals surface area contributed by atoms with E-state index < -0.39 is 0 Å². The average Bonchev–Trinajstić information content (AvgIpc) is 3.48. The number of anilines is 1. The van der Waals surface area contributed by atoms with Crippen LogP contribution >= 0.6 is 0 Å². The van der Waals surface area contributed by atoms with E-state index in [1.807, 2.05) is 51.7 Å². The molecule has 2 aliphatic rings. The number of imidazole rings is 1. The third-order valence-electron chi connectivity index (χ3n) is 5.88. The quantitative estimate of drug-likeness (QED) is 0.595. The molecule has 0 unspecified atom stereocenters. The van der Waals surface area contributed by atoms with E-state index in [1.165, 1.54) is 0 Å². The zero-order valence-electron chi connectivity index (χ0n) is 15.3. The topological polar surface area (TPSA) is 77.6 Å². The Bertz CT molecular complexity index is 1250. The summed E-state index contributed by atoms with van der Waals surface area (Å²) < 4.78 is 3.84. The Labute approximate surface area is 161 Å². The van der Waals surface area contributed by atoms with Crippen molar-refractivity contribution in [3.63, 3.8) is 0 Å². The van der Waals surface area contributed by atoms with E-state index >= 15 is 0 Å². The highest BCUT2D eigenvalue weighted by Crippen LogP contribution is 2.39. The summed E-state index contributed by atoms with van der Waals surface area (Å²) in [6.07, 6.45) is 7.53. The first-order valence-corrected chi connectivity index (χ1v) is 9.84. The van der Waals surface area contributed by atoms with Gasteiger partial charge in [-0.3, -0.25) is 9.13 Å². The van der Waals surface area contributed by atoms with Crippen LogP contribution in [0.15, 0.2) is 53.6 Å². The fourth-order valence-electron chi connectivity index (χ4n) is 4.23. The molecule has 0 amide bonds. The minimum Gasteiger partial charge on any atom is -0.351 e. The lowest BCUT2D eigenvalue weighted by molar-refractivity contribution is 0.279. The van der Waals surface area contributed by atoms with Gasteiger partial charge < -0.3 is 5.32 Å². The van der Waals surface area contributed by atoms with E-state index in [0.717, 1.165) is 47.8 Å². The summed E-state index contributed by atoms with van der Waals surface area (Å²) in [4.78, 5) is 26.6. The molecule has 0 saturated heterocycles. The predicted octanol–water partition coefficient (Wildman–Crippen LogP) is 3.29. The Kier molecular flexibility index (Phi) is 3.32. The smallest absolute Gasteiger partial charge is 0.330 e. The fraction of sp³-hybridized carbons (Fsp3) is 0.333. The second kappa shape index (κ2) is 5.89. The van der Waals surface area contributed by atoms with Crippen LogP contribution in [0.1, 0.15) is 37.8 Å². The number of nitrogens with zero attached hydrogens (tertiary/aromatic N) is 5. The standard InChI is InChI=1S/C21H20N6O/c28-21-26(15-7-8-15)18-6-3-9-22-19(18)27(21)16-10-14(11-16)24-20-23-12-13-4-1-2-5-17(13)25-20/h1-6,9,12,14-16H,7-8,10-11H2,(H,23,24,25). The van der Waals surface area contributed by atoms with Gasteiger partial charge in [0, 0.05) is 35.9 Å². The lowest BCUT2D eigenvalue weighted by Gasteiger charge is -2.36. The molecule has 0 bridgehead atoms. The zero-order valence-corrected chi connectivity index (χ0v) is 15.3. The molecule has 6 rings (SSSR count). The van der Waals surface area contributed by atoms with Crippen LogP contribution in [0.4, 0.5) is 5.95 Å². The molecule has 4 aromatic rings.